The Hall–Kier alpha value is -1.37. The van der Waals surface area contributed by atoms with Gasteiger partial charge < -0.3 is 10.7 Å². The normalized spacial score (nSPS) is 11.5. The van der Waals surface area contributed by atoms with Crippen LogP contribution >= 0.6 is 0 Å². The molecular formula is C6H9N3O3S. The fourth-order valence-corrected chi connectivity index (χ4v) is 1.49. The Labute approximate surface area is 75.1 Å². The van der Waals surface area contributed by atoms with Crippen molar-refractivity contribution in [2.45, 2.75) is 6.92 Å². The first-order valence-corrected chi connectivity index (χ1v) is 5.20. The van der Waals surface area contributed by atoms with E-state index in [1.165, 1.54) is 13.3 Å². The number of carbonyl (C=O) groups excluding carboxylic acids is 1. The van der Waals surface area contributed by atoms with Crippen molar-refractivity contribution in [3.63, 3.8) is 0 Å². The molecule has 0 radical (unpaired) electrons. The van der Waals surface area contributed by atoms with E-state index < -0.39 is 15.0 Å². The third-order valence-corrected chi connectivity index (χ3v) is 3.06. The van der Waals surface area contributed by atoms with Gasteiger partial charge >= 0.3 is 0 Å². The quantitative estimate of drug-likeness (QED) is 0.678. The molecule has 13 heavy (non-hydrogen) atoms. The molecule has 0 saturated heterocycles. The third-order valence-electron chi connectivity index (χ3n) is 1.54. The summed E-state index contributed by atoms with van der Waals surface area (Å²) in [7, 11) is -3.73. The highest BCUT2D eigenvalue weighted by molar-refractivity contribution is 8.06. The van der Waals surface area contributed by atoms with Gasteiger partial charge in [0.15, 0.2) is 5.82 Å². The monoisotopic (exact) mass is 203 g/mol. The maximum absolute atomic E-state index is 11.2. The van der Waals surface area contributed by atoms with Crippen molar-refractivity contribution in [1.29, 1.82) is 0 Å². The van der Waals surface area contributed by atoms with Crippen molar-refractivity contribution < 1.29 is 13.2 Å². The van der Waals surface area contributed by atoms with Crippen LogP contribution in [0.5, 0.6) is 0 Å². The minimum Gasteiger partial charge on any atom is -0.382 e. The van der Waals surface area contributed by atoms with Crippen LogP contribution in [0.1, 0.15) is 17.4 Å². The summed E-state index contributed by atoms with van der Waals surface area (Å²) >= 11 is 0. The smallest absolute Gasteiger partial charge is 0.296 e. The van der Waals surface area contributed by atoms with Gasteiger partial charge in [0.05, 0.1) is 12.1 Å². The standard InChI is InChI=1S/C6H9N3O3S/c1-2-13(11,12)6(10)4-5(7)9-3-8-4/h3H,2,7H2,1H3,(H,8,9). The Morgan fingerprint density at radius 2 is 2.31 bits per heavy atom. The first kappa shape index (κ1) is 9.72. The Bertz CT molecular complexity index is 420. The summed E-state index contributed by atoms with van der Waals surface area (Å²) in [4.78, 5) is 17.1. The average molecular weight is 203 g/mol. The largest absolute Gasteiger partial charge is 0.382 e. The molecule has 3 N–H and O–H groups in total. The lowest BCUT2D eigenvalue weighted by molar-refractivity contribution is 0.107. The van der Waals surface area contributed by atoms with E-state index in [1.807, 2.05) is 0 Å². The molecule has 0 fully saturated rings. The number of nitrogens with one attached hydrogen (secondary N) is 1. The number of hydrogen-bond acceptors (Lipinski definition) is 5. The van der Waals surface area contributed by atoms with E-state index in [4.69, 9.17) is 5.73 Å². The zero-order chi connectivity index (χ0) is 10.1. The number of H-pyrrole nitrogens is 1. The molecule has 0 aromatic carbocycles. The highest BCUT2D eigenvalue weighted by Gasteiger charge is 2.25. The maximum atomic E-state index is 11.2. The van der Waals surface area contributed by atoms with Crippen LogP contribution in [0.25, 0.3) is 0 Å². The van der Waals surface area contributed by atoms with Crippen LogP contribution in [0, 0.1) is 0 Å². The molecule has 72 valence electrons. The Morgan fingerprint density at radius 3 is 2.69 bits per heavy atom. The number of nitrogen functional groups attached to an aromatic ring is 1. The predicted octanol–water partition coefficient (Wildman–Crippen LogP) is -0.433. The lowest BCUT2D eigenvalue weighted by Gasteiger charge is -1.97. The number of nitrogens with two attached hydrogens (primary N) is 1. The highest BCUT2D eigenvalue weighted by Crippen LogP contribution is 2.09. The van der Waals surface area contributed by atoms with Gasteiger partial charge in [-0.3, -0.25) is 4.79 Å². The van der Waals surface area contributed by atoms with E-state index in [0.29, 0.717) is 0 Å². The van der Waals surface area contributed by atoms with E-state index in [2.05, 4.69) is 9.97 Å². The van der Waals surface area contributed by atoms with Crippen LogP contribution in [0.15, 0.2) is 6.33 Å². The van der Waals surface area contributed by atoms with E-state index in [-0.39, 0.29) is 17.3 Å². The Balaban J connectivity index is 3.14. The van der Waals surface area contributed by atoms with E-state index in [9.17, 15) is 13.2 Å². The van der Waals surface area contributed by atoms with Gasteiger partial charge in [-0.15, -0.1) is 0 Å². The lowest BCUT2D eigenvalue weighted by atomic mass is 10.5. The van der Waals surface area contributed by atoms with Crippen molar-refractivity contribution in [3.05, 3.63) is 12.0 Å². The molecule has 1 rings (SSSR count). The predicted molar refractivity (Wildman–Crippen MR) is 46.8 cm³/mol. The molecule has 0 aliphatic heterocycles. The first-order valence-electron chi connectivity index (χ1n) is 3.55. The van der Waals surface area contributed by atoms with Crippen LogP contribution in [-0.4, -0.2) is 29.3 Å². The number of imidazole rings is 1. The fourth-order valence-electron chi connectivity index (χ4n) is 0.755. The van der Waals surface area contributed by atoms with Gasteiger partial charge in [-0.25, -0.2) is 13.4 Å². The number of rotatable bonds is 2. The number of carbonyl (C=O) groups is 1. The fraction of sp³-hybridized carbons (Fsp3) is 0.333. The molecule has 1 aromatic rings. The van der Waals surface area contributed by atoms with Gasteiger partial charge in [-0.1, -0.05) is 6.92 Å². The summed E-state index contributed by atoms with van der Waals surface area (Å²) in [5.74, 6) is -0.341. The molecule has 1 aromatic heterocycles. The van der Waals surface area contributed by atoms with E-state index in [1.54, 1.807) is 0 Å². The SMILES string of the molecule is CCS(=O)(=O)C(=O)c1[nH]cnc1N. The number of aromatic amines is 1. The molecule has 0 aliphatic rings. The lowest BCUT2D eigenvalue weighted by Crippen LogP contribution is -2.18. The Kier molecular flexibility index (Phi) is 2.37. The molecule has 0 bridgehead atoms. The van der Waals surface area contributed by atoms with Crippen LogP contribution in [0.2, 0.25) is 0 Å². The molecule has 0 saturated carbocycles. The number of sulfone groups is 1. The summed E-state index contributed by atoms with van der Waals surface area (Å²) in [6, 6.07) is 0. The highest BCUT2D eigenvalue weighted by atomic mass is 32.2. The number of hydrogen-bond donors (Lipinski definition) is 2. The van der Waals surface area contributed by atoms with Gasteiger partial charge in [0.1, 0.15) is 5.69 Å². The Morgan fingerprint density at radius 1 is 1.69 bits per heavy atom. The number of anilines is 1. The van der Waals surface area contributed by atoms with E-state index in [0.717, 1.165) is 0 Å². The number of aromatic nitrogens is 2. The van der Waals surface area contributed by atoms with Crippen LogP contribution in [0.4, 0.5) is 5.82 Å². The molecule has 0 amide bonds. The van der Waals surface area contributed by atoms with Crippen molar-refractivity contribution in [1.82, 2.24) is 9.97 Å². The third kappa shape index (κ3) is 1.69. The second kappa shape index (κ2) is 3.17. The molecular weight excluding hydrogens is 194 g/mol. The van der Waals surface area contributed by atoms with Gasteiger partial charge in [-0.05, 0) is 0 Å². The van der Waals surface area contributed by atoms with Crippen molar-refractivity contribution >= 4 is 20.8 Å². The van der Waals surface area contributed by atoms with Gasteiger partial charge in [0, 0.05) is 0 Å². The second-order valence-electron chi connectivity index (χ2n) is 2.35. The van der Waals surface area contributed by atoms with Gasteiger partial charge in [0.2, 0.25) is 9.84 Å². The first-order chi connectivity index (χ1) is 5.99. The number of nitrogens with zero attached hydrogens (tertiary/aromatic N) is 1. The summed E-state index contributed by atoms with van der Waals surface area (Å²) in [5.41, 5.74) is 5.10. The molecule has 1 heterocycles. The van der Waals surface area contributed by atoms with E-state index >= 15 is 0 Å². The average Bonchev–Trinajstić information content (AvgIpc) is 2.50. The molecule has 0 spiro atoms. The maximum Gasteiger partial charge on any atom is 0.296 e. The molecule has 0 aliphatic carbocycles. The molecule has 0 atom stereocenters. The van der Waals surface area contributed by atoms with Crippen molar-refractivity contribution in [2.24, 2.45) is 0 Å². The zero-order valence-electron chi connectivity index (χ0n) is 6.94. The summed E-state index contributed by atoms with van der Waals surface area (Å²) < 4.78 is 22.2. The summed E-state index contributed by atoms with van der Waals surface area (Å²) in [5, 5.41) is -1.01. The van der Waals surface area contributed by atoms with Gasteiger partial charge in [0.25, 0.3) is 5.12 Å². The molecule has 7 heteroatoms. The van der Waals surface area contributed by atoms with Crippen LogP contribution < -0.4 is 5.73 Å². The van der Waals surface area contributed by atoms with Crippen molar-refractivity contribution in [3.8, 4) is 0 Å². The topological polar surface area (TPSA) is 106 Å². The molecule has 6 nitrogen and oxygen atoms in total. The van der Waals surface area contributed by atoms with Crippen LogP contribution in [0.3, 0.4) is 0 Å². The van der Waals surface area contributed by atoms with Gasteiger partial charge in [-0.2, -0.15) is 0 Å². The summed E-state index contributed by atoms with van der Waals surface area (Å²) in [6.45, 7) is 1.39. The van der Waals surface area contributed by atoms with Crippen molar-refractivity contribution in [2.75, 3.05) is 11.5 Å². The van der Waals surface area contributed by atoms with Crippen LogP contribution in [-0.2, 0) is 9.84 Å². The minimum absolute atomic E-state index is 0.0953. The second-order valence-corrected chi connectivity index (χ2v) is 4.53. The minimum atomic E-state index is -3.73. The zero-order valence-corrected chi connectivity index (χ0v) is 7.76. The molecule has 0 unspecified atom stereocenters. The summed E-state index contributed by atoms with van der Waals surface area (Å²) in [6.07, 6.45) is 1.17.